The molecule has 2 heterocycles. The average Bonchev–Trinajstić information content (AvgIpc) is 2.70. The number of carbonyl (C=O) groups excluding carboxylic acids is 1. The Morgan fingerprint density at radius 3 is 2.72 bits per heavy atom. The maximum Gasteiger partial charge on any atom is 0.434 e. The highest BCUT2D eigenvalue weighted by Gasteiger charge is 2.38. The van der Waals surface area contributed by atoms with Crippen LogP contribution >= 0.6 is 11.6 Å². The Morgan fingerprint density at radius 2 is 2.03 bits per heavy atom. The molecule has 0 saturated carbocycles. The van der Waals surface area contributed by atoms with Gasteiger partial charge in [-0.15, -0.1) is 0 Å². The number of nitrogens with zero attached hydrogens (tertiary/aromatic N) is 2. The van der Waals surface area contributed by atoms with Gasteiger partial charge in [0.05, 0.1) is 5.56 Å². The molecule has 2 aromatic rings. The molecule has 156 valence electrons. The molecule has 1 fully saturated rings. The van der Waals surface area contributed by atoms with Crippen molar-refractivity contribution in [2.45, 2.75) is 25.9 Å². The van der Waals surface area contributed by atoms with Gasteiger partial charge in [0.25, 0.3) is 5.91 Å². The highest BCUT2D eigenvalue weighted by Crippen LogP contribution is 2.32. The predicted octanol–water partition coefficient (Wildman–Crippen LogP) is 4.36. The molecule has 3 rings (SSSR count). The summed E-state index contributed by atoms with van der Waals surface area (Å²) < 4.78 is 45.8. The summed E-state index contributed by atoms with van der Waals surface area (Å²) >= 11 is 6.03. The van der Waals surface area contributed by atoms with Crippen molar-refractivity contribution in [3.05, 3.63) is 46.2 Å². The van der Waals surface area contributed by atoms with E-state index in [0.29, 0.717) is 29.5 Å². The summed E-state index contributed by atoms with van der Waals surface area (Å²) in [5.41, 5.74) is -0.788. The molecule has 0 spiro atoms. The molecule has 1 saturated heterocycles. The Balaban J connectivity index is 1.80. The zero-order valence-electron chi connectivity index (χ0n) is 15.6. The molecule has 6 nitrogen and oxygen atoms in total. The van der Waals surface area contributed by atoms with Crippen LogP contribution in [0.1, 0.15) is 34.5 Å². The predicted molar refractivity (Wildman–Crippen MR) is 102 cm³/mol. The Hall–Kier alpha value is -2.39. The van der Waals surface area contributed by atoms with Crippen LogP contribution in [0, 0.1) is 12.8 Å². The van der Waals surface area contributed by atoms with E-state index in [1.165, 1.54) is 0 Å². The molecular formula is C19H20ClF3N4O2. The zero-order valence-corrected chi connectivity index (χ0v) is 16.4. The molecule has 0 bridgehead atoms. The SMILES string of the molecule is Cc1c(Cl)cccc1Nc1ncc(C(=O)NCC2CCOCC2)c(C(F)(F)F)n1. The molecule has 0 aliphatic carbocycles. The minimum atomic E-state index is -4.81. The molecule has 29 heavy (non-hydrogen) atoms. The van der Waals surface area contributed by atoms with Crippen LogP contribution in [0.2, 0.25) is 5.02 Å². The number of nitrogens with one attached hydrogen (secondary N) is 2. The van der Waals surface area contributed by atoms with Crippen molar-refractivity contribution in [2.24, 2.45) is 5.92 Å². The van der Waals surface area contributed by atoms with Crippen LogP contribution in [0.15, 0.2) is 24.4 Å². The van der Waals surface area contributed by atoms with Crippen molar-refractivity contribution in [1.82, 2.24) is 15.3 Å². The summed E-state index contributed by atoms with van der Waals surface area (Å²) in [5.74, 6) is -0.951. The largest absolute Gasteiger partial charge is 0.434 e. The van der Waals surface area contributed by atoms with Gasteiger partial charge in [0.1, 0.15) is 0 Å². The number of carbonyl (C=O) groups is 1. The minimum Gasteiger partial charge on any atom is -0.381 e. The van der Waals surface area contributed by atoms with Gasteiger partial charge in [0.15, 0.2) is 5.69 Å². The second-order valence-corrected chi connectivity index (χ2v) is 7.16. The lowest BCUT2D eigenvalue weighted by atomic mass is 10.0. The van der Waals surface area contributed by atoms with Gasteiger partial charge in [0.2, 0.25) is 5.95 Å². The number of ether oxygens (including phenoxy) is 1. The minimum absolute atomic E-state index is 0.176. The first kappa shape index (κ1) is 21.3. The topological polar surface area (TPSA) is 76.1 Å². The molecule has 10 heteroatoms. The van der Waals surface area contributed by atoms with E-state index in [2.05, 4.69) is 20.6 Å². The van der Waals surface area contributed by atoms with Crippen molar-refractivity contribution in [3.8, 4) is 0 Å². The molecule has 0 atom stereocenters. The lowest BCUT2D eigenvalue weighted by Crippen LogP contribution is -2.33. The summed E-state index contributed by atoms with van der Waals surface area (Å²) in [7, 11) is 0. The summed E-state index contributed by atoms with van der Waals surface area (Å²) in [6.45, 7) is 3.16. The molecule has 1 aromatic carbocycles. The van der Waals surface area contributed by atoms with Gasteiger partial charge in [-0.1, -0.05) is 17.7 Å². The van der Waals surface area contributed by atoms with E-state index in [-0.39, 0.29) is 18.4 Å². The lowest BCUT2D eigenvalue weighted by molar-refractivity contribution is -0.141. The third kappa shape index (κ3) is 5.36. The van der Waals surface area contributed by atoms with Gasteiger partial charge >= 0.3 is 6.18 Å². The Kier molecular flexibility index (Phi) is 6.59. The van der Waals surface area contributed by atoms with Crippen LogP contribution in [-0.2, 0) is 10.9 Å². The third-order valence-electron chi connectivity index (χ3n) is 4.71. The van der Waals surface area contributed by atoms with Gasteiger partial charge < -0.3 is 15.4 Å². The average molecular weight is 429 g/mol. The van der Waals surface area contributed by atoms with Gasteiger partial charge in [-0.05, 0) is 43.4 Å². The fraction of sp³-hybridized carbons (Fsp3) is 0.421. The quantitative estimate of drug-likeness (QED) is 0.740. The van der Waals surface area contributed by atoms with Crippen LogP contribution in [0.5, 0.6) is 0 Å². The number of hydrogen-bond donors (Lipinski definition) is 2. The number of aromatic nitrogens is 2. The monoisotopic (exact) mass is 428 g/mol. The van der Waals surface area contributed by atoms with E-state index in [9.17, 15) is 18.0 Å². The Labute approximate surface area is 170 Å². The highest BCUT2D eigenvalue weighted by molar-refractivity contribution is 6.31. The summed E-state index contributed by atoms with van der Waals surface area (Å²) in [6.07, 6.45) is -2.42. The van der Waals surface area contributed by atoms with E-state index in [4.69, 9.17) is 16.3 Å². The first-order valence-corrected chi connectivity index (χ1v) is 9.46. The van der Waals surface area contributed by atoms with Crippen molar-refractivity contribution < 1.29 is 22.7 Å². The van der Waals surface area contributed by atoms with E-state index >= 15 is 0 Å². The van der Waals surface area contributed by atoms with Gasteiger partial charge in [0, 0.05) is 36.7 Å². The zero-order chi connectivity index (χ0) is 21.0. The number of hydrogen-bond acceptors (Lipinski definition) is 5. The first-order chi connectivity index (χ1) is 13.8. The number of alkyl halides is 3. The van der Waals surface area contributed by atoms with Crippen molar-refractivity contribution in [1.29, 1.82) is 0 Å². The Bertz CT molecular complexity index is 886. The number of halogens is 4. The number of benzene rings is 1. The third-order valence-corrected chi connectivity index (χ3v) is 5.12. The van der Waals surface area contributed by atoms with Crippen LogP contribution < -0.4 is 10.6 Å². The molecule has 0 radical (unpaired) electrons. The van der Waals surface area contributed by atoms with Crippen molar-refractivity contribution in [3.63, 3.8) is 0 Å². The number of amides is 1. The van der Waals surface area contributed by atoms with Gasteiger partial charge in [-0.25, -0.2) is 9.97 Å². The van der Waals surface area contributed by atoms with E-state index < -0.39 is 23.3 Å². The Morgan fingerprint density at radius 1 is 1.31 bits per heavy atom. The maximum atomic E-state index is 13.5. The fourth-order valence-electron chi connectivity index (χ4n) is 2.97. The van der Waals surface area contributed by atoms with E-state index in [1.54, 1.807) is 25.1 Å². The molecular weight excluding hydrogens is 409 g/mol. The lowest BCUT2D eigenvalue weighted by Gasteiger charge is -2.22. The number of anilines is 2. The van der Waals surface area contributed by atoms with Crippen LogP contribution in [0.4, 0.5) is 24.8 Å². The second kappa shape index (κ2) is 8.96. The molecule has 1 aliphatic rings. The summed E-state index contributed by atoms with van der Waals surface area (Å²) in [4.78, 5) is 19.8. The van der Waals surface area contributed by atoms with E-state index in [0.717, 1.165) is 19.0 Å². The summed E-state index contributed by atoms with van der Waals surface area (Å²) in [6, 6.07) is 4.96. The van der Waals surface area contributed by atoms with Crippen LogP contribution in [0.25, 0.3) is 0 Å². The smallest absolute Gasteiger partial charge is 0.381 e. The standard InChI is InChI=1S/C19H20ClF3N4O2/c1-11-14(20)3-2-4-15(11)26-18-25-10-13(16(27-18)19(21,22)23)17(28)24-9-12-5-7-29-8-6-12/h2-4,10,12H,5-9H2,1H3,(H,24,28)(H,25,26,27). The number of rotatable bonds is 5. The van der Waals surface area contributed by atoms with Crippen molar-refractivity contribution >= 4 is 29.1 Å². The maximum absolute atomic E-state index is 13.5. The van der Waals surface area contributed by atoms with Gasteiger partial charge in [-0.3, -0.25) is 4.79 Å². The van der Waals surface area contributed by atoms with Crippen molar-refractivity contribution in [2.75, 3.05) is 25.1 Å². The highest BCUT2D eigenvalue weighted by atomic mass is 35.5. The van der Waals surface area contributed by atoms with E-state index in [1.807, 2.05) is 0 Å². The molecule has 2 N–H and O–H groups in total. The van der Waals surface area contributed by atoms with Crippen LogP contribution in [0.3, 0.4) is 0 Å². The molecule has 0 unspecified atom stereocenters. The molecule has 1 aliphatic heterocycles. The molecule has 1 aromatic heterocycles. The first-order valence-electron chi connectivity index (χ1n) is 9.08. The fourth-order valence-corrected chi connectivity index (χ4v) is 3.14. The van der Waals surface area contributed by atoms with Gasteiger partial charge in [-0.2, -0.15) is 13.2 Å². The molecule has 1 amide bonds. The summed E-state index contributed by atoms with van der Waals surface area (Å²) in [5, 5.41) is 5.73. The van der Waals surface area contributed by atoms with Crippen LogP contribution in [-0.4, -0.2) is 35.6 Å². The second-order valence-electron chi connectivity index (χ2n) is 6.76. The normalized spacial score (nSPS) is 15.2.